The Morgan fingerprint density at radius 3 is 2.86 bits per heavy atom. The summed E-state index contributed by atoms with van der Waals surface area (Å²) < 4.78 is 0. The van der Waals surface area contributed by atoms with Crippen molar-refractivity contribution < 1.29 is 4.84 Å². The summed E-state index contributed by atoms with van der Waals surface area (Å²) in [5.41, 5.74) is 1.76. The molecule has 3 rings (SSSR count). The quantitative estimate of drug-likeness (QED) is 0.461. The van der Waals surface area contributed by atoms with E-state index in [1.54, 1.807) is 7.11 Å². The zero-order chi connectivity index (χ0) is 9.60. The number of nitrogens with zero attached hydrogens (tertiary/aromatic N) is 1. The van der Waals surface area contributed by atoms with E-state index in [-0.39, 0.29) is 0 Å². The molecule has 76 valence electrons. The van der Waals surface area contributed by atoms with Crippen LogP contribution < -0.4 is 0 Å². The highest BCUT2D eigenvalue weighted by Crippen LogP contribution is 2.59. The minimum atomic E-state index is 0.388. The SMILES string of the molecule is CO/N=C1/[C@@H]2CC[C@@H](C2)C12CC=CC2. The van der Waals surface area contributed by atoms with Crippen LogP contribution in [-0.2, 0) is 4.84 Å². The van der Waals surface area contributed by atoms with Crippen molar-refractivity contribution in [1.82, 2.24) is 0 Å². The first-order chi connectivity index (χ1) is 6.87. The van der Waals surface area contributed by atoms with Gasteiger partial charge in [-0.05, 0) is 38.0 Å². The highest BCUT2D eigenvalue weighted by molar-refractivity contribution is 5.95. The fraction of sp³-hybridized carbons (Fsp3) is 0.750. The first-order valence-corrected chi connectivity index (χ1v) is 5.63. The van der Waals surface area contributed by atoms with Gasteiger partial charge in [0.25, 0.3) is 0 Å². The molecule has 0 radical (unpaired) electrons. The van der Waals surface area contributed by atoms with Gasteiger partial charge >= 0.3 is 0 Å². The molecular weight excluding hydrogens is 174 g/mol. The molecule has 0 saturated heterocycles. The summed E-state index contributed by atoms with van der Waals surface area (Å²) in [4.78, 5) is 5.03. The van der Waals surface area contributed by atoms with Gasteiger partial charge in [0.2, 0.25) is 0 Å². The van der Waals surface area contributed by atoms with Crippen molar-refractivity contribution in [3.8, 4) is 0 Å². The predicted octanol–water partition coefficient (Wildman–Crippen LogP) is 2.76. The van der Waals surface area contributed by atoms with Gasteiger partial charge in [0.05, 0.1) is 5.71 Å². The van der Waals surface area contributed by atoms with Crippen LogP contribution in [0, 0.1) is 17.3 Å². The lowest BCUT2D eigenvalue weighted by Crippen LogP contribution is -2.34. The summed E-state index contributed by atoms with van der Waals surface area (Å²) in [6.07, 6.45) is 11.2. The zero-order valence-electron chi connectivity index (χ0n) is 8.70. The molecule has 2 saturated carbocycles. The minimum Gasteiger partial charge on any atom is -0.399 e. The Morgan fingerprint density at radius 2 is 2.14 bits per heavy atom. The van der Waals surface area contributed by atoms with Crippen LogP contribution in [-0.4, -0.2) is 12.8 Å². The Morgan fingerprint density at radius 1 is 1.36 bits per heavy atom. The van der Waals surface area contributed by atoms with Crippen molar-refractivity contribution in [3.05, 3.63) is 12.2 Å². The van der Waals surface area contributed by atoms with Gasteiger partial charge in [-0.25, -0.2) is 0 Å². The Kier molecular flexibility index (Phi) is 1.73. The molecule has 0 unspecified atom stereocenters. The molecule has 2 bridgehead atoms. The second-order valence-electron chi connectivity index (χ2n) is 4.90. The van der Waals surface area contributed by atoms with Crippen LogP contribution in [0.1, 0.15) is 32.1 Å². The summed E-state index contributed by atoms with van der Waals surface area (Å²) in [5, 5.41) is 4.32. The molecule has 0 aromatic rings. The Balaban J connectivity index is 1.98. The lowest BCUT2D eigenvalue weighted by molar-refractivity contribution is 0.198. The largest absolute Gasteiger partial charge is 0.399 e. The number of hydrogen-bond donors (Lipinski definition) is 0. The second kappa shape index (κ2) is 2.85. The molecule has 2 nitrogen and oxygen atoms in total. The van der Waals surface area contributed by atoms with E-state index in [9.17, 15) is 0 Å². The number of fused-ring (bicyclic) bond motifs is 3. The van der Waals surface area contributed by atoms with E-state index in [4.69, 9.17) is 4.84 Å². The highest BCUT2D eigenvalue weighted by atomic mass is 16.6. The van der Waals surface area contributed by atoms with Gasteiger partial charge in [-0.15, -0.1) is 0 Å². The van der Waals surface area contributed by atoms with E-state index in [1.807, 2.05) is 0 Å². The summed E-state index contributed by atoms with van der Waals surface area (Å²) >= 11 is 0. The first kappa shape index (κ1) is 8.51. The fourth-order valence-electron chi connectivity index (χ4n) is 3.82. The molecule has 2 heteroatoms. The van der Waals surface area contributed by atoms with Crippen molar-refractivity contribution in [2.75, 3.05) is 7.11 Å². The van der Waals surface area contributed by atoms with Crippen molar-refractivity contribution in [2.45, 2.75) is 32.1 Å². The van der Waals surface area contributed by atoms with Crippen LogP contribution in [0.2, 0.25) is 0 Å². The maximum atomic E-state index is 5.03. The minimum absolute atomic E-state index is 0.388. The van der Waals surface area contributed by atoms with E-state index in [0.717, 1.165) is 11.8 Å². The van der Waals surface area contributed by atoms with Crippen LogP contribution in [0.5, 0.6) is 0 Å². The topological polar surface area (TPSA) is 21.6 Å². The molecule has 1 spiro atoms. The highest BCUT2D eigenvalue weighted by Gasteiger charge is 2.56. The molecule has 0 aromatic carbocycles. The molecular formula is C12H17NO. The van der Waals surface area contributed by atoms with Gasteiger partial charge in [0.15, 0.2) is 0 Å². The summed E-state index contributed by atoms with van der Waals surface area (Å²) in [6.45, 7) is 0. The molecule has 14 heavy (non-hydrogen) atoms. The number of hydrogen-bond acceptors (Lipinski definition) is 2. The number of allylic oxidation sites excluding steroid dienone is 2. The van der Waals surface area contributed by atoms with Crippen LogP contribution >= 0.6 is 0 Å². The van der Waals surface area contributed by atoms with E-state index in [0.29, 0.717) is 5.41 Å². The maximum absolute atomic E-state index is 5.03. The fourth-order valence-corrected chi connectivity index (χ4v) is 3.82. The lowest BCUT2D eigenvalue weighted by atomic mass is 9.70. The number of oxime groups is 1. The molecule has 0 aromatic heterocycles. The second-order valence-corrected chi connectivity index (χ2v) is 4.90. The van der Waals surface area contributed by atoms with Crippen molar-refractivity contribution >= 4 is 5.71 Å². The Bertz CT molecular complexity index is 297. The third-order valence-electron chi connectivity index (χ3n) is 4.43. The van der Waals surface area contributed by atoms with E-state index >= 15 is 0 Å². The van der Waals surface area contributed by atoms with Gasteiger partial charge in [0.1, 0.15) is 7.11 Å². The molecule has 0 amide bonds. The molecule has 3 aliphatic rings. The van der Waals surface area contributed by atoms with Gasteiger partial charge in [0, 0.05) is 11.3 Å². The maximum Gasteiger partial charge on any atom is 0.106 e. The van der Waals surface area contributed by atoms with Gasteiger partial charge in [-0.1, -0.05) is 17.3 Å². The van der Waals surface area contributed by atoms with E-state index < -0.39 is 0 Å². The van der Waals surface area contributed by atoms with E-state index in [1.165, 1.54) is 37.8 Å². The van der Waals surface area contributed by atoms with Crippen LogP contribution in [0.25, 0.3) is 0 Å². The first-order valence-electron chi connectivity index (χ1n) is 5.63. The molecule has 2 atom stereocenters. The Hall–Kier alpha value is -0.790. The number of rotatable bonds is 1. The Labute approximate surface area is 85.0 Å². The van der Waals surface area contributed by atoms with Gasteiger partial charge < -0.3 is 4.84 Å². The monoisotopic (exact) mass is 191 g/mol. The van der Waals surface area contributed by atoms with Crippen LogP contribution in [0.4, 0.5) is 0 Å². The lowest BCUT2D eigenvalue weighted by Gasteiger charge is -2.34. The molecule has 0 heterocycles. The molecule has 3 aliphatic carbocycles. The third-order valence-corrected chi connectivity index (χ3v) is 4.43. The standard InChI is InChI=1S/C12H17NO/c1-14-13-11-9-4-5-10(8-9)12(11)6-2-3-7-12/h2-3,9-10H,4-8H2,1H3/b13-11-/t9-,10+/m1/s1. The van der Waals surface area contributed by atoms with Crippen LogP contribution in [0.15, 0.2) is 17.3 Å². The normalized spacial score (nSPS) is 40.2. The van der Waals surface area contributed by atoms with Gasteiger partial charge in [-0.3, -0.25) is 0 Å². The molecule has 0 N–H and O–H groups in total. The smallest absolute Gasteiger partial charge is 0.106 e. The van der Waals surface area contributed by atoms with Crippen molar-refractivity contribution in [3.63, 3.8) is 0 Å². The summed E-state index contributed by atoms with van der Waals surface area (Å²) in [5.74, 6) is 1.62. The summed E-state index contributed by atoms with van der Waals surface area (Å²) in [6, 6.07) is 0. The average Bonchev–Trinajstić information content (AvgIpc) is 2.87. The predicted molar refractivity (Wildman–Crippen MR) is 56.1 cm³/mol. The molecule has 0 aliphatic heterocycles. The van der Waals surface area contributed by atoms with E-state index in [2.05, 4.69) is 17.3 Å². The van der Waals surface area contributed by atoms with Crippen molar-refractivity contribution in [1.29, 1.82) is 0 Å². The third kappa shape index (κ3) is 0.891. The molecule has 2 fully saturated rings. The van der Waals surface area contributed by atoms with Gasteiger partial charge in [-0.2, -0.15) is 0 Å². The van der Waals surface area contributed by atoms with Crippen LogP contribution in [0.3, 0.4) is 0 Å². The summed E-state index contributed by atoms with van der Waals surface area (Å²) in [7, 11) is 1.68. The van der Waals surface area contributed by atoms with Crippen molar-refractivity contribution in [2.24, 2.45) is 22.4 Å². The average molecular weight is 191 g/mol. The zero-order valence-corrected chi connectivity index (χ0v) is 8.70.